The number of nitrogens with one attached hydrogen (secondary N) is 2. The molecule has 0 radical (unpaired) electrons. The lowest BCUT2D eigenvalue weighted by Gasteiger charge is -2.21. The Morgan fingerprint density at radius 1 is 1.00 bits per heavy atom. The highest BCUT2D eigenvalue weighted by Crippen LogP contribution is 2.34. The quantitative estimate of drug-likeness (QED) is 0.454. The third-order valence-electron chi connectivity index (χ3n) is 5.97. The smallest absolute Gasteiger partial charge is 0.159 e. The molecule has 158 valence electrons. The van der Waals surface area contributed by atoms with E-state index in [9.17, 15) is 8.78 Å². The number of halogens is 2. The topological polar surface area (TPSA) is 79.6 Å². The maximum atomic E-state index is 13.7. The van der Waals surface area contributed by atoms with Gasteiger partial charge in [-0.1, -0.05) is 12.1 Å². The molecule has 1 aromatic carbocycles. The van der Waals surface area contributed by atoms with Gasteiger partial charge in [-0.05, 0) is 73.8 Å². The number of hydrogen-bond acceptors (Lipinski definition) is 4. The summed E-state index contributed by atoms with van der Waals surface area (Å²) in [6, 6.07) is 11.7. The van der Waals surface area contributed by atoms with Crippen LogP contribution in [-0.2, 0) is 6.42 Å². The van der Waals surface area contributed by atoms with E-state index in [0.717, 1.165) is 59.9 Å². The van der Waals surface area contributed by atoms with E-state index >= 15 is 0 Å². The fourth-order valence-electron chi connectivity index (χ4n) is 4.36. The van der Waals surface area contributed by atoms with Crippen LogP contribution in [0.25, 0.3) is 22.3 Å². The van der Waals surface area contributed by atoms with Crippen LogP contribution in [0.1, 0.15) is 35.6 Å². The summed E-state index contributed by atoms with van der Waals surface area (Å²) in [5.41, 5.74) is 11.2. The fourth-order valence-corrected chi connectivity index (χ4v) is 4.36. The predicted molar refractivity (Wildman–Crippen MR) is 118 cm³/mol. The minimum absolute atomic E-state index is 0.406. The van der Waals surface area contributed by atoms with Crippen molar-refractivity contribution in [2.24, 2.45) is 0 Å². The van der Waals surface area contributed by atoms with Gasteiger partial charge in [-0.15, -0.1) is 0 Å². The average Bonchev–Trinajstić information content (AvgIpc) is 3.23. The standard InChI is InChI=1S/C24H23F2N5/c25-19-3-1-14(12-20(19)26)11-16-2-4-22(27)31-23(16)17-7-10-29-24-18(17)13-21(30-24)15-5-8-28-9-6-15/h1-4,7,10,12-13,15,28H,5-6,8-9,11H2,(H2,27,31)(H,29,30). The SMILES string of the molecule is Nc1ccc(Cc2ccc(F)c(F)c2)c(-c2ccnc3[nH]c(C4CCNCC4)cc23)n1. The number of aromatic nitrogens is 3. The molecule has 0 aliphatic carbocycles. The van der Waals surface area contributed by atoms with Gasteiger partial charge in [0.15, 0.2) is 11.6 Å². The van der Waals surface area contributed by atoms with E-state index in [1.165, 1.54) is 11.8 Å². The van der Waals surface area contributed by atoms with Gasteiger partial charge in [0, 0.05) is 28.8 Å². The zero-order valence-electron chi connectivity index (χ0n) is 17.0. The van der Waals surface area contributed by atoms with E-state index in [1.807, 2.05) is 12.1 Å². The van der Waals surface area contributed by atoms with Crippen LogP contribution in [0.2, 0.25) is 0 Å². The Labute approximate surface area is 178 Å². The highest BCUT2D eigenvalue weighted by atomic mass is 19.2. The number of aromatic amines is 1. The summed E-state index contributed by atoms with van der Waals surface area (Å²) in [5.74, 6) is -0.833. The summed E-state index contributed by atoms with van der Waals surface area (Å²) < 4.78 is 27.1. The van der Waals surface area contributed by atoms with Gasteiger partial charge in [0.2, 0.25) is 0 Å². The first-order valence-electron chi connectivity index (χ1n) is 10.5. The summed E-state index contributed by atoms with van der Waals surface area (Å²) in [7, 11) is 0. The molecule has 7 heteroatoms. The van der Waals surface area contributed by atoms with Crippen LogP contribution >= 0.6 is 0 Å². The Bertz CT molecular complexity index is 1240. The van der Waals surface area contributed by atoms with Crippen LogP contribution in [0, 0.1) is 11.6 Å². The number of piperidine rings is 1. The third kappa shape index (κ3) is 3.88. The van der Waals surface area contributed by atoms with Crippen molar-refractivity contribution in [3.05, 3.63) is 77.1 Å². The van der Waals surface area contributed by atoms with Gasteiger partial charge in [0.05, 0.1) is 5.69 Å². The van der Waals surface area contributed by atoms with Crippen molar-refractivity contribution in [2.45, 2.75) is 25.2 Å². The zero-order valence-corrected chi connectivity index (χ0v) is 17.0. The number of hydrogen-bond donors (Lipinski definition) is 3. The second-order valence-electron chi connectivity index (χ2n) is 8.04. The molecular weight excluding hydrogens is 396 g/mol. The molecule has 1 aliphatic rings. The molecule has 3 aromatic heterocycles. The first kappa shape index (κ1) is 19.6. The molecule has 4 aromatic rings. The summed E-state index contributed by atoms with van der Waals surface area (Å²) >= 11 is 0. The minimum atomic E-state index is -0.856. The molecule has 5 rings (SSSR count). The van der Waals surface area contributed by atoms with E-state index in [1.54, 1.807) is 18.3 Å². The largest absolute Gasteiger partial charge is 0.384 e. The molecule has 4 heterocycles. The number of H-pyrrole nitrogens is 1. The van der Waals surface area contributed by atoms with Gasteiger partial charge in [0.1, 0.15) is 11.5 Å². The number of nitrogens with two attached hydrogens (primary N) is 1. The van der Waals surface area contributed by atoms with Crippen LogP contribution in [-0.4, -0.2) is 28.0 Å². The van der Waals surface area contributed by atoms with E-state index < -0.39 is 11.6 Å². The number of nitrogens with zero attached hydrogens (tertiary/aromatic N) is 2. The van der Waals surface area contributed by atoms with Gasteiger partial charge in [-0.3, -0.25) is 0 Å². The van der Waals surface area contributed by atoms with Gasteiger partial charge >= 0.3 is 0 Å². The van der Waals surface area contributed by atoms with Gasteiger partial charge in [0.25, 0.3) is 0 Å². The van der Waals surface area contributed by atoms with E-state index in [2.05, 4.69) is 26.3 Å². The van der Waals surface area contributed by atoms with Gasteiger partial charge < -0.3 is 16.0 Å². The normalized spacial score (nSPS) is 14.9. The van der Waals surface area contributed by atoms with Crippen molar-refractivity contribution in [1.82, 2.24) is 20.3 Å². The van der Waals surface area contributed by atoms with Crippen LogP contribution in [0.15, 0.2) is 48.7 Å². The van der Waals surface area contributed by atoms with Crippen molar-refractivity contribution in [2.75, 3.05) is 18.8 Å². The van der Waals surface area contributed by atoms with Crippen LogP contribution < -0.4 is 11.1 Å². The molecule has 0 bridgehead atoms. The second kappa shape index (κ2) is 8.07. The maximum absolute atomic E-state index is 13.7. The summed E-state index contributed by atoms with van der Waals surface area (Å²) in [4.78, 5) is 12.6. The highest BCUT2D eigenvalue weighted by Gasteiger charge is 2.20. The third-order valence-corrected chi connectivity index (χ3v) is 5.97. The fraction of sp³-hybridized carbons (Fsp3) is 0.250. The predicted octanol–water partition coefficient (Wildman–Crippen LogP) is 4.54. The Morgan fingerprint density at radius 3 is 2.65 bits per heavy atom. The Hall–Kier alpha value is -3.32. The number of rotatable bonds is 4. The molecule has 0 unspecified atom stereocenters. The van der Waals surface area contributed by atoms with Crippen LogP contribution in [0.3, 0.4) is 0 Å². The molecule has 0 amide bonds. The summed E-state index contributed by atoms with van der Waals surface area (Å²) in [5, 5.41) is 4.38. The molecule has 4 N–H and O–H groups in total. The lowest BCUT2D eigenvalue weighted by Crippen LogP contribution is -2.26. The number of pyridine rings is 2. The Balaban J connectivity index is 1.58. The summed E-state index contributed by atoms with van der Waals surface area (Å²) in [6.07, 6.45) is 4.34. The average molecular weight is 419 g/mol. The Morgan fingerprint density at radius 2 is 1.84 bits per heavy atom. The van der Waals surface area contributed by atoms with Crippen LogP contribution in [0.4, 0.5) is 14.6 Å². The molecular formula is C24H23F2N5. The minimum Gasteiger partial charge on any atom is -0.384 e. The maximum Gasteiger partial charge on any atom is 0.159 e. The van der Waals surface area contributed by atoms with E-state index in [0.29, 0.717) is 23.7 Å². The molecule has 1 saturated heterocycles. The van der Waals surface area contributed by atoms with Crippen LogP contribution in [0.5, 0.6) is 0 Å². The van der Waals surface area contributed by atoms with Gasteiger partial charge in [-0.25, -0.2) is 18.7 Å². The van der Waals surface area contributed by atoms with Crippen molar-refractivity contribution >= 4 is 16.9 Å². The first-order valence-corrected chi connectivity index (χ1v) is 10.5. The monoisotopic (exact) mass is 419 g/mol. The zero-order chi connectivity index (χ0) is 21.4. The molecule has 31 heavy (non-hydrogen) atoms. The highest BCUT2D eigenvalue weighted by molar-refractivity contribution is 5.93. The van der Waals surface area contributed by atoms with E-state index in [4.69, 9.17) is 5.73 Å². The molecule has 0 atom stereocenters. The molecule has 0 spiro atoms. The number of anilines is 1. The number of fused-ring (bicyclic) bond motifs is 1. The molecule has 0 saturated carbocycles. The number of benzene rings is 1. The lowest BCUT2D eigenvalue weighted by atomic mass is 9.94. The summed E-state index contributed by atoms with van der Waals surface area (Å²) in [6.45, 7) is 2.02. The molecule has 5 nitrogen and oxygen atoms in total. The number of nitrogen functional groups attached to an aromatic ring is 1. The molecule has 1 fully saturated rings. The van der Waals surface area contributed by atoms with Gasteiger partial charge in [-0.2, -0.15) is 0 Å². The van der Waals surface area contributed by atoms with E-state index in [-0.39, 0.29) is 0 Å². The lowest BCUT2D eigenvalue weighted by molar-refractivity contribution is 0.455. The second-order valence-corrected chi connectivity index (χ2v) is 8.04. The first-order chi connectivity index (χ1) is 15.1. The van der Waals surface area contributed by atoms with Crippen molar-refractivity contribution < 1.29 is 8.78 Å². The van der Waals surface area contributed by atoms with Crippen molar-refractivity contribution in [3.63, 3.8) is 0 Å². The molecule has 1 aliphatic heterocycles. The Kier molecular flexibility index (Phi) is 5.11. The van der Waals surface area contributed by atoms with Crippen molar-refractivity contribution in [1.29, 1.82) is 0 Å². The van der Waals surface area contributed by atoms with Crippen molar-refractivity contribution in [3.8, 4) is 11.3 Å².